The summed E-state index contributed by atoms with van der Waals surface area (Å²) in [6, 6.07) is 0. The van der Waals surface area contributed by atoms with Gasteiger partial charge in [-0.1, -0.05) is 13.8 Å². The maximum Gasteiger partial charge on any atom is 0.408 e. The topological polar surface area (TPSA) is 87.1 Å². The molecule has 1 amide bonds. The van der Waals surface area contributed by atoms with E-state index in [1.165, 1.54) is 0 Å². The second-order valence-electron chi connectivity index (χ2n) is 5.73. The minimum absolute atomic E-state index is 0.257. The van der Waals surface area contributed by atoms with Gasteiger partial charge in [-0.2, -0.15) is 0 Å². The Morgan fingerprint density at radius 1 is 1.41 bits per heavy atom. The first-order valence-electron chi connectivity index (χ1n) is 5.65. The van der Waals surface area contributed by atoms with E-state index in [1.807, 2.05) is 34.6 Å². The van der Waals surface area contributed by atoms with E-state index in [0.29, 0.717) is 6.42 Å². The number of nitrogens with zero attached hydrogens (tertiary/aromatic N) is 3. The molecule has 0 fully saturated rings. The number of alkyl carbamates (subject to hydrolysis) is 1. The van der Waals surface area contributed by atoms with Crippen LogP contribution in [0.3, 0.4) is 0 Å². The highest BCUT2D eigenvalue weighted by Crippen LogP contribution is 2.23. The number of amides is 1. The predicted octanol–water partition coefficient (Wildman–Crippen LogP) is 3.58. The summed E-state index contributed by atoms with van der Waals surface area (Å²) in [5.74, 6) is 0.257. The highest BCUT2D eigenvalue weighted by molar-refractivity contribution is 5.68. The molecule has 0 aromatic rings. The third kappa shape index (κ3) is 7.47. The van der Waals surface area contributed by atoms with E-state index in [9.17, 15) is 4.79 Å². The van der Waals surface area contributed by atoms with Gasteiger partial charge in [-0.15, -0.1) is 0 Å². The highest BCUT2D eigenvalue weighted by atomic mass is 16.6. The summed E-state index contributed by atoms with van der Waals surface area (Å²) in [4.78, 5) is 14.3. The first kappa shape index (κ1) is 15.6. The number of hydrogen-bond donors (Lipinski definition) is 1. The van der Waals surface area contributed by atoms with E-state index in [-0.39, 0.29) is 11.5 Å². The van der Waals surface area contributed by atoms with Crippen LogP contribution in [-0.4, -0.2) is 17.4 Å². The number of ether oxygens (including phenoxy) is 1. The smallest absolute Gasteiger partial charge is 0.408 e. The van der Waals surface area contributed by atoms with Gasteiger partial charge in [0.15, 0.2) is 5.72 Å². The van der Waals surface area contributed by atoms with Gasteiger partial charge in [0, 0.05) is 10.5 Å². The van der Waals surface area contributed by atoms with Crippen molar-refractivity contribution in [3.8, 4) is 0 Å². The van der Waals surface area contributed by atoms with Crippen LogP contribution >= 0.6 is 0 Å². The fourth-order valence-corrected chi connectivity index (χ4v) is 1.49. The molecule has 1 atom stereocenters. The Bertz CT molecular complexity index is 316. The van der Waals surface area contributed by atoms with Crippen LogP contribution in [0.1, 0.15) is 48.0 Å². The van der Waals surface area contributed by atoms with Crippen molar-refractivity contribution in [1.82, 2.24) is 5.32 Å². The number of azide groups is 1. The van der Waals surface area contributed by atoms with Crippen molar-refractivity contribution in [2.45, 2.75) is 59.2 Å². The highest BCUT2D eigenvalue weighted by Gasteiger charge is 2.30. The zero-order valence-corrected chi connectivity index (χ0v) is 11.4. The molecule has 0 radical (unpaired) electrons. The summed E-state index contributed by atoms with van der Waals surface area (Å²) in [5.41, 5.74) is 6.98. The lowest BCUT2D eigenvalue weighted by Crippen LogP contribution is -2.44. The molecule has 0 aliphatic rings. The van der Waals surface area contributed by atoms with Gasteiger partial charge in [0.25, 0.3) is 0 Å². The van der Waals surface area contributed by atoms with Gasteiger partial charge in [-0.3, -0.25) is 0 Å². The Kier molecular flexibility index (Phi) is 5.29. The quantitative estimate of drug-likeness (QED) is 0.464. The van der Waals surface area contributed by atoms with E-state index in [2.05, 4.69) is 15.3 Å². The first-order valence-corrected chi connectivity index (χ1v) is 5.65. The summed E-state index contributed by atoms with van der Waals surface area (Å²) < 4.78 is 5.19. The summed E-state index contributed by atoms with van der Waals surface area (Å²) >= 11 is 0. The van der Waals surface area contributed by atoms with Gasteiger partial charge in [0.05, 0.1) is 0 Å². The number of hydrogen-bond acceptors (Lipinski definition) is 3. The lowest BCUT2D eigenvalue weighted by atomic mass is 10.0. The average Bonchev–Trinajstić information content (AvgIpc) is 1.96. The Labute approximate surface area is 102 Å². The van der Waals surface area contributed by atoms with Gasteiger partial charge in [-0.05, 0) is 50.7 Å². The van der Waals surface area contributed by atoms with Crippen molar-refractivity contribution in [2.24, 2.45) is 11.0 Å². The summed E-state index contributed by atoms with van der Waals surface area (Å²) in [6.07, 6.45) is -0.0951. The Balaban J connectivity index is 4.65. The molecule has 0 bridgehead atoms. The van der Waals surface area contributed by atoms with E-state index in [4.69, 9.17) is 10.3 Å². The molecular weight excluding hydrogens is 220 g/mol. The number of carbonyl (C=O) groups is 1. The van der Waals surface area contributed by atoms with Crippen LogP contribution in [-0.2, 0) is 4.74 Å². The van der Waals surface area contributed by atoms with Crippen LogP contribution in [0.25, 0.3) is 10.4 Å². The number of rotatable bonds is 4. The third-order valence-electron chi connectivity index (χ3n) is 1.83. The molecule has 98 valence electrons. The van der Waals surface area contributed by atoms with Crippen LogP contribution in [0.5, 0.6) is 0 Å². The largest absolute Gasteiger partial charge is 0.437 e. The van der Waals surface area contributed by atoms with Crippen molar-refractivity contribution >= 4 is 6.09 Å². The van der Waals surface area contributed by atoms with E-state index in [1.54, 1.807) is 6.92 Å². The van der Waals surface area contributed by atoms with Crippen LogP contribution < -0.4 is 5.32 Å². The molecule has 0 aromatic heterocycles. The maximum atomic E-state index is 11.6. The number of nitrogens with one attached hydrogen (secondary N) is 1. The van der Waals surface area contributed by atoms with Crippen LogP contribution in [0.2, 0.25) is 0 Å². The Morgan fingerprint density at radius 3 is 2.29 bits per heavy atom. The van der Waals surface area contributed by atoms with E-state index >= 15 is 0 Å². The van der Waals surface area contributed by atoms with Crippen LogP contribution in [0.15, 0.2) is 5.11 Å². The monoisotopic (exact) mass is 242 g/mol. The van der Waals surface area contributed by atoms with E-state index < -0.39 is 11.8 Å². The molecule has 6 nitrogen and oxygen atoms in total. The maximum absolute atomic E-state index is 11.6. The van der Waals surface area contributed by atoms with Gasteiger partial charge in [0.1, 0.15) is 0 Å². The second kappa shape index (κ2) is 5.77. The third-order valence-corrected chi connectivity index (χ3v) is 1.83. The molecular formula is C11H22N4O2. The molecule has 6 heteroatoms. The summed E-state index contributed by atoms with van der Waals surface area (Å²) in [7, 11) is 0. The molecule has 0 aliphatic heterocycles. The average molecular weight is 242 g/mol. The molecule has 0 heterocycles. The van der Waals surface area contributed by atoms with Gasteiger partial charge >= 0.3 is 6.09 Å². The van der Waals surface area contributed by atoms with Crippen molar-refractivity contribution in [3.63, 3.8) is 0 Å². The lowest BCUT2D eigenvalue weighted by Gasteiger charge is -2.28. The fraction of sp³-hybridized carbons (Fsp3) is 0.909. The summed E-state index contributed by atoms with van der Waals surface area (Å²) in [6.45, 7) is 11.1. The zero-order valence-electron chi connectivity index (χ0n) is 11.4. The molecule has 17 heavy (non-hydrogen) atoms. The molecule has 0 aliphatic carbocycles. The van der Waals surface area contributed by atoms with Gasteiger partial charge in [0.2, 0.25) is 0 Å². The Morgan fingerprint density at radius 2 is 1.94 bits per heavy atom. The van der Waals surface area contributed by atoms with Gasteiger partial charge in [-0.25, -0.2) is 4.79 Å². The fourth-order valence-electron chi connectivity index (χ4n) is 1.49. The van der Waals surface area contributed by atoms with Crippen molar-refractivity contribution < 1.29 is 9.53 Å². The predicted molar refractivity (Wildman–Crippen MR) is 66.4 cm³/mol. The molecule has 1 unspecified atom stereocenters. The zero-order chi connectivity index (χ0) is 13.7. The molecule has 0 aromatic carbocycles. The molecule has 0 saturated heterocycles. The lowest BCUT2D eigenvalue weighted by molar-refractivity contribution is 0.0117. The molecule has 0 spiro atoms. The molecule has 0 rings (SSSR count). The van der Waals surface area contributed by atoms with Crippen LogP contribution in [0, 0.1) is 5.92 Å². The first-order chi connectivity index (χ1) is 7.58. The standard InChI is InChI=1S/C11H22N4O2/c1-8(2)7-11(6,14-15-12)17-9(16)13-10(3,4)5/h8H,7H2,1-6H3,(H,13,16). The van der Waals surface area contributed by atoms with Crippen LogP contribution in [0.4, 0.5) is 4.79 Å². The normalized spacial score (nSPS) is 14.8. The SMILES string of the molecule is CC(C)CC(C)(N=[N+]=[N-])OC(=O)NC(C)(C)C. The minimum atomic E-state index is -1.14. The van der Waals surface area contributed by atoms with Crippen molar-refractivity contribution in [2.75, 3.05) is 0 Å². The minimum Gasteiger partial charge on any atom is -0.437 e. The molecule has 1 N–H and O–H groups in total. The van der Waals surface area contributed by atoms with Gasteiger partial charge < -0.3 is 10.1 Å². The Hall–Kier alpha value is -1.42. The molecule has 0 saturated carbocycles. The van der Waals surface area contributed by atoms with E-state index in [0.717, 1.165) is 0 Å². The van der Waals surface area contributed by atoms with Crippen molar-refractivity contribution in [1.29, 1.82) is 0 Å². The second-order valence-corrected chi connectivity index (χ2v) is 5.73. The number of carbonyl (C=O) groups excluding carboxylic acids is 1. The van der Waals surface area contributed by atoms with Crippen molar-refractivity contribution in [3.05, 3.63) is 10.4 Å². The summed E-state index contributed by atoms with van der Waals surface area (Å²) in [5, 5.41) is 6.23.